The van der Waals surface area contributed by atoms with Gasteiger partial charge in [-0.25, -0.2) is 13.2 Å². The van der Waals surface area contributed by atoms with Crippen LogP contribution in [0.4, 0.5) is 13.2 Å². The van der Waals surface area contributed by atoms with E-state index in [9.17, 15) is 13.2 Å². The highest BCUT2D eigenvalue weighted by molar-refractivity contribution is 5.41. The van der Waals surface area contributed by atoms with Crippen LogP contribution in [-0.2, 0) is 0 Å². The lowest BCUT2D eigenvalue weighted by Gasteiger charge is -2.11. The molecule has 0 bridgehead atoms. The summed E-state index contributed by atoms with van der Waals surface area (Å²) in [5.41, 5.74) is 0.608. The number of hydrogen-bond donors (Lipinski definition) is 1. The summed E-state index contributed by atoms with van der Waals surface area (Å²) in [5.74, 6) is -1.51. The molecular weight excluding hydrogens is 231 g/mol. The number of rotatable bonds is 5. The molecule has 2 atom stereocenters. The quantitative estimate of drug-likeness (QED) is 0.860. The Hall–Kier alpha value is -1.23. The predicted octanol–water partition coefficient (Wildman–Crippen LogP) is 2.39. The van der Waals surface area contributed by atoms with Crippen molar-refractivity contribution in [1.29, 1.82) is 0 Å². The zero-order valence-corrected chi connectivity index (χ0v) is 9.47. The van der Waals surface area contributed by atoms with Crippen molar-refractivity contribution in [2.24, 2.45) is 0 Å². The molecule has 2 nitrogen and oxygen atoms in total. The maximum Gasteiger partial charge on any atom is 0.162 e. The lowest BCUT2D eigenvalue weighted by Crippen LogP contribution is -2.11. The maximum atomic E-state index is 13.2. The minimum atomic E-state index is -0.968. The van der Waals surface area contributed by atoms with Crippen LogP contribution >= 0.6 is 0 Å². The standard InChI is InChI=1S/C12H14F3NO/c1-16-11-5-7(11)8-4-9(14)10(15)6-12(8)17-3-2-13/h4,6-7,11,16H,2-3,5H2,1H3. The molecule has 1 fully saturated rings. The largest absolute Gasteiger partial charge is 0.490 e. The van der Waals surface area contributed by atoms with Crippen molar-refractivity contribution in [2.45, 2.75) is 18.4 Å². The molecule has 0 heterocycles. The van der Waals surface area contributed by atoms with Gasteiger partial charge in [-0.2, -0.15) is 0 Å². The Morgan fingerprint density at radius 1 is 1.35 bits per heavy atom. The summed E-state index contributed by atoms with van der Waals surface area (Å²) in [5, 5.41) is 3.06. The van der Waals surface area contributed by atoms with Crippen LogP contribution in [0.2, 0.25) is 0 Å². The Morgan fingerprint density at radius 2 is 2.06 bits per heavy atom. The van der Waals surface area contributed by atoms with Crippen molar-refractivity contribution >= 4 is 0 Å². The highest BCUT2D eigenvalue weighted by Crippen LogP contribution is 2.45. The van der Waals surface area contributed by atoms with Gasteiger partial charge in [-0.1, -0.05) is 0 Å². The number of ether oxygens (including phenoxy) is 1. The topological polar surface area (TPSA) is 21.3 Å². The molecule has 0 spiro atoms. The van der Waals surface area contributed by atoms with Gasteiger partial charge in [-0.05, 0) is 19.5 Å². The van der Waals surface area contributed by atoms with Crippen molar-refractivity contribution in [2.75, 3.05) is 20.3 Å². The van der Waals surface area contributed by atoms with Crippen LogP contribution in [0.5, 0.6) is 5.75 Å². The Labute approximate surface area is 97.8 Å². The first-order valence-corrected chi connectivity index (χ1v) is 5.52. The molecule has 2 rings (SSSR count). The molecule has 1 aromatic rings. The molecule has 0 amide bonds. The molecular formula is C12H14F3NO. The van der Waals surface area contributed by atoms with Crippen molar-refractivity contribution in [1.82, 2.24) is 5.32 Å². The fourth-order valence-corrected chi connectivity index (χ4v) is 1.97. The molecule has 0 saturated heterocycles. The number of hydrogen-bond acceptors (Lipinski definition) is 2. The molecule has 2 unspecified atom stereocenters. The first kappa shape index (κ1) is 12.2. The van der Waals surface area contributed by atoms with E-state index in [2.05, 4.69) is 5.32 Å². The molecule has 1 saturated carbocycles. The Bertz CT molecular complexity index is 411. The van der Waals surface area contributed by atoms with E-state index >= 15 is 0 Å². The Morgan fingerprint density at radius 3 is 2.65 bits per heavy atom. The molecule has 0 aliphatic heterocycles. The van der Waals surface area contributed by atoms with Crippen molar-refractivity contribution in [3.8, 4) is 5.75 Å². The van der Waals surface area contributed by atoms with Crippen LogP contribution < -0.4 is 10.1 Å². The third kappa shape index (κ3) is 2.54. The average molecular weight is 245 g/mol. The molecule has 1 N–H and O–H groups in total. The van der Waals surface area contributed by atoms with Crippen LogP contribution in [-0.4, -0.2) is 26.4 Å². The number of likely N-dealkylation sites (N-methyl/N-ethyl adjacent to an activating group) is 1. The number of halogens is 3. The van der Waals surface area contributed by atoms with Crippen LogP contribution in [0.3, 0.4) is 0 Å². The van der Waals surface area contributed by atoms with Gasteiger partial charge in [-0.15, -0.1) is 0 Å². The van der Waals surface area contributed by atoms with Gasteiger partial charge in [0.05, 0.1) is 0 Å². The second-order valence-corrected chi connectivity index (χ2v) is 4.08. The summed E-state index contributed by atoms with van der Waals surface area (Å²) >= 11 is 0. The normalized spacial score (nSPS) is 22.6. The van der Waals surface area contributed by atoms with E-state index in [1.165, 1.54) is 0 Å². The minimum absolute atomic E-state index is 0.115. The summed E-state index contributed by atoms with van der Waals surface area (Å²) in [4.78, 5) is 0. The maximum absolute atomic E-state index is 13.2. The van der Waals surface area contributed by atoms with E-state index in [4.69, 9.17) is 4.74 Å². The van der Waals surface area contributed by atoms with Crippen LogP contribution in [0, 0.1) is 11.6 Å². The summed E-state index contributed by atoms with van der Waals surface area (Å²) in [6, 6.07) is 2.39. The van der Waals surface area contributed by atoms with Gasteiger partial charge in [0.2, 0.25) is 0 Å². The lowest BCUT2D eigenvalue weighted by molar-refractivity contribution is 0.269. The van der Waals surface area contributed by atoms with E-state index < -0.39 is 18.3 Å². The van der Waals surface area contributed by atoms with Gasteiger partial charge in [-0.3, -0.25) is 0 Å². The Kier molecular flexibility index (Phi) is 3.57. The van der Waals surface area contributed by atoms with Crippen molar-refractivity contribution in [3.05, 3.63) is 29.3 Å². The van der Waals surface area contributed by atoms with Gasteiger partial charge in [0.15, 0.2) is 11.6 Å². The highest BCUT2D eigenvalue weighted by Gasteiger charge is 2.39. The van der Waals surface area contributed by atoms with Crippen molar-refractivity contribution in [3.63, 3.8) is 0 Å². The minimum Gasteiger partial charge on any atom is -0.490 e. The summed E-state index contributed by atoms with van der Waals surface area (Å²) in [7, 11) is 1.81. The number of nitrogens with one attached hydrogen (secondary N) is 1. The summed E-state index contributed by atoms with van der Waals surface area (Å²) in [6.45, 7) is -0.798. The van der Waals surface area contributed by atoms with E-state index in [1.807, 2.05) is 7.05 Å². The zero-order valence-electron chi connectivity index (χ0n) is 9.47. The van der Waals surface area contributed by atoms with E-state index in [0.29, 0.717) is 5.56 Å². The first-order valence-electron chi connectivity index (χ1n) is 5.52. The van der Waals surface area contributed by atoms with Crippen LogP contribution in [0.15, 0.2) is 12.1 Å². The summed E-state index contributed by atoms with van der Waals surface area (Å²) in [6.07, 6.45) is 0.855. The van der Waals surface area contributed by atoms with Gasteiger partial charge in [0.1, 0.15) is 19.0 Å². The number of alkyl halides is 1. The predicted molar refractivity (Wildman–Crippen MR) is 58.0 cm³/mol. The molecule has 17 heavy (non-hydrogen) atoms. The molecule has 1 aliphatic carbocycles. The third-order valence-electron chi connectivity index (χ3n) is 2.95. The molecule has 5 heteroatoms. The second kappa shape index (κ2) is 4.96. The first-order chi connectivity index (χ1) is 8.17. The molecule has 1 aromatic carbocycles. The fraction of sp³-hybridized carbons (Fsp3) is 0.500. The van der Waals surface area contributed by atoms with E-state index in [1.54, 1.807) is 0 Å². The van der Waals surface area contributed by atoms with E-state index in [0.717, 1.165) is 18.6 Å². The highest BCUT2D eigenvalue weighted by atomic mass is 19.2. The van der Waals surface area contributed by atoms with Crippen molar-refractivity contribution < 1.29 is 17.9 Å². The fourth-order valence-electron chi connectivity index (χ4n) is 1.97. The monoisotopic (exact) mass is 245 g/mol. The molecule has 0 radical (unpaired) electrons. The molecule has 0 aromatic heterocycles. The van der Waals surface area contributed by atoms with Gasteiger partial charge in [0.25, 0.3) is 0 Å². The molecule has 1 aliphatic rings. The SMILES string of the molecule is CNC1CC1c1cc(F)c(F)cc1OCCF. The third-order valence-corrected chi connectivity index (χ3v) is 2.95. The van der Waals surface area contributed by atoms with Gasteiger partial charge >= 0.3 is 0 Å². The zero-order chi connectivity index (χ0) is 12.4. The number of benzene rings is 1. The average Bonchev–Trinajstić information content (AvgIpc) is 3.09. The van der Waals surface area contributed by atoms with Gasteiger partial charge < -0.3 is 10.1 Å². The van der Waals surface area contributed by atoms with Gasteiger partial charge in [0, 0.05) is 23.6 Å². The van der Waals surface area contributed by atoms with Crippen LogP contribution in [0.1, 0.15) is 17.9 Å². The molecule has 94 valence electrons. The lowest BCUT2D eigenvalue weighted by atomic mass is 10.1. The van der Waals surface area contributed by atoms with Crippen LogP contribution in [0.25, 0.3) is 0 Å². The Balaban J connectivity index is 2.25. The van der Waals surface area contributed by atoms with E-state index in [-0.39, 0.29) is 24.3 Å². The summed E-state index contributed by atoms with van der Waals surface area (Å²) < 4.78 is 43.4. The smallest absolute Gasteiger partial charge is 0.162 e. The second-order valence-electron chi connectivity index (χ2n) is 4.08.